The van der Waals surface area contributed by atoms with Gasteiger partial charge in [0.25, 0.3) is 0 Å². The largest absolute Gasteiger partial charge is 0.487 e. The molecule has 1 fully saturated rings. The number of rotatable bonds is 6. The SMILES string of the molecule is OC[C@H]1CCCN1Cc1cccc(OCc2ccccn2)c1. The lowest BCUT2D eigenvalue weighted by molar-refractivity contribution is 0.153. The van der Waals surface area contributed by atoms with Crippen LogP contribution >= 0.6 is 0 Å². The summed E-state index contributed by atoms with van der Waals surface area (Å²) >= 11 is 0. The monoisotopic (exact) mass is 298 g/mol. The topological polar surface area (TPSA) is 45.6 Å². The van der Waals surface area contributed by atoms with Crippen molar-refractivity contribution in [1.29, 1.82) is 0 Å². The molecule has 1 saturated heterocycles. The molecule has 4 heteroatoms. The van der Waals surface area contributed by atoms with Gasteiger partial charge in [-0.1, -0.05) is 18.2 Å². The summed E-state index contributed by atoms with van der Waals surface area (Å²) in [6.45, 7) is 2.65. The number of likely N-dealkylation sites (tertiary alicyclic amines) is 1. The first kappa shape index (κ1) is 15.0. The van der Waals surface area contributed by atoms with Gasteiger partial charge in [0.2, 0.25) is 0 Å². The smallest absolute Gasteiger partial charge is 0.130 e. The first-order valence-corrected chi connectivity index (χ1v) is 7.82. The normalized spacial score (nSPS) is 18.5. The molecule has 2 heterocycles. The van der Waals surface area contributed by atoms with E-state index in [0.29, 0.717) is 12.6 Å². The predicted octanol–water partition coefficient (Wildman–Crippen LogP) is 2.62. The minimum Gasteiger partial charge on any atom is -0.487 e. The molecule has 1 aromatic carbocycles. The molecule has 116 valence electrons. The van der Waals surface area contributed by atoms with Crippen molar-refractivity contribution in [2.45, 2.75) is 32.0 Å². The summed E-state index contributed by atoms with van der Waals surface area (Å²) in [4.78, 5) is 6.60. The Labute approximate surface area is 131 Å². The zero-order chi connectivity index (χ0) is 15.2. The van der Waals surface area contributed by atoms with E-state index in [4.69, 9.17) is 4.74 Å². The van der Waals surface area contributed by atoms with Gasteiger partial charge in [-0.25, -0.2) is 0 Å². The second-order valence-corrected chi connectivity index (χ2v) is 5.71. The van der Waals surface area contributed by atoms with Gasteiger partial charge in [0.1, 0.15) is 12.4 Å². The Balaban J connectivity index is 1.60. The molecule has 0 saturated carbocycles. The Bertz CT molecular complexity index is 589. The van der Waals surface area contributed by atoms with Crippen LogP contribution in [0.15, 0.2) is 48.7 Å². The molecule has 1 N–H and O–H groups in total. The summed E-state index contributed by atoms with van der Waals surface area (Å²) in [5.41, 5.74) is 2.15. The maximum absolute atomic E-state index is 9.41. The molecule has 4 nitrogen and oxygen atoms in total. The fourth-order valence-corrected chi connectivity index (χ4v) is 2.92. The van der Waals surface area contributed by atoms with E-state index in [9.17, 15) is 5.11 Å². The Kier molecular flexibility index (Phi) is 5.03. The van der Waals surface area contributed by atoms with Crippen LogP contribution in [0.4, 0.5) is 0 Å². The molecule has 0 aliphatic carbocycles. The van der Waals surface area contributed by atoms with E-state index < -0.39 is 0 Å². The Morgan fingerprint density at radius 1 is 1.23 bits per heavy atom. The highest BCUT2D eigenvalue weighted by Crippen LogP contribution is 2.22. The van der Waals surface area contributed by atoms with E-state index in [1.165, 1.54) is 12.0 Å². The maximum Gasteiger partial charge on any atom is 0.130 e. The molecule has 0 spiro atoms. The van der Waals surface area contributed by atoms with Crippen molar-refractivity contribution in [2.75, 3.05) is 13.2 Å². The molecule has 2 aromatic rings. The summed E-state index contributed by atoms with van der Waals surface area (Å²) in [6.07, 6.45) is 4.03. The van der Waals surface area contributed by atoms with Gasteiger partial charge in [0.15, 0.2) is 0 Å². The Morgan fingerprint density at radius 3 is 3.00 bits per heavy atom. The number of nitrogens with zero attached hydrogens (tertiary/aromatic N) is 2. The van der Waals surface area contributed by atoms with Gasteiger partial charge in [-0.2, -0.15) is 0 Å². The zero-order valence-electron chi connectivity index (χ0n) is 12.7. The van der Waals surface area contributed by atoms with Crippen LogP contribution in [0.25, 0.3) is 0 Å². The molecule has 22 heavy (non-hydrogen) atoms. The highest BCUT2D eigenvalue weighted by atomic mass is 16.5. The molecule has 0 bridgehead atoms. The third kappa shape index (κ3) is 3.84. The summed E-state index contributed by atoms with van der Waals surface area (Å²) in [5.74, 6) is 0.864. The predicted molar refractivity (Wildman–Crippen MR) is 85.5 cm³/mol. The minimum atomic E-state index is 0.246. The second-order valence-electron chi connectivity index (χ2n) is 5.71. The van der Waals surface area contributed by atoms with E-state index >= 15 is 0 Å². The van der Waals surface area contributed by atoms with Gasteiger partial charge in [0, 0.05) is 18.8 Å². The zero-order valence-corrected chi connectivity index (χ0v) is 12.7. The van der Waals surface area contributed by atoms with E-state index in [-0.39, 0.29) is 6.61 Å². The Hall–Kier alpha value is -1.91. The van der Waals surface area contributed by atoms with E-state index in [2.05, 4.69) is 22.0 Å². The number of aliphatic hydroxyl groups is 1. The molecule has 1 aliphatic rings. The quantitative estimate of drug-likeness (QED) is 0.890. The van der Waals surface area contributed by atoms with Crippen molar-refractivity contribution in [3.8, 4) is 5.75 Å². The van der Waals surface area contributed by atoms with E-state index in [1.54, 1.807) is 6.20 Å². The first-order chi connectivity index (χ1) is 10.8. The second kappa shape index (κ2) is 7.38. The van der Waals surface area contributed by atoms with Crippen LogP contribution in [0.5, 0.6) is 5.75 Å². The number of hydrogen-bond acceptors (Lipinski definition) is 4. The molecule has 3 rings (SSSR count). The summed E-state index contributed by atoms with van der Waals surface area (Å²) < 4.78 is 5.82. The molecular formula is C18H22N2O2. The number of hydrogen-bond donors (Lipinski definition) is 1. The van der Waals surface area contributed by atoms with Crippen molar-refractivity contribution in [3.63, 3.8) is 0 Å². The van der Waals surface area contributed by atoms with Crippen molar-refractivity contribution >= 4 is 0 Å². The van der Waals surface area contributed by atoms with Gasteiger partial charge in [0.05, 0.1) is 12.3 Å². The van der Waals surface area contributed by atoms with Gasteiger partial charge in [-0.05, 0) is 49.2 Å². The van der Waals surface area contributed by atoms with Gasteiger partial charge < -0.3 is 9.84 Å². The van der Waals surface area contributed by atoms with Gasteiger partial charge in [-0.3, -0.25) is 9.88 Å². The fourth-order valence-electron chi connectivity index (χ4n) is 2.92. The highest BCUT2D eigenvalue weighted by molar-refractivity contribution is 5.28. The number of aromatic nitrogens is 1. The third-order valence-corrected chi connectivity index (χ3v) is 4.11. The maximum atomic E-state index is 9.41. The molecule has 1 aromatic heterocycles. The molecule has 0 unspecified atom stereocenters. The molecule has 1 aliphatic heterocycles. The third-order valence-electron chi connectivity index (χ3n) is 4.11. The first-order valence-electron chi connectivity index (χ1n) is 7.82. The van der Waals surface area contributed by atoms with Crippen molar-refractivity contribution in [2.24, 2.45) is 0 Å². The molecular weight excluding hydrogens is 276 g/mol. The number of pyridine rings is 1. The molecule has 1 atom stereocenters. The van der Waals surface area contributed by atoms with Crippen LogP contribution in [0, 0.1) is 0 Å². The van der Waals surface area contributed by atoms with Gasteiger partial charge >= 0.3 is 0 Å². The van der Waals surface area contributed by atoms with Crippen LogP contribution in [0.3, 0.4) is 0 Å². The van der Waals surface area contributed by atoms with Crippen molar-refractivity contribution in [1.82, 2.24) is 9.88 Å². The van der Waals surface area contributed by atoms with Crippen molar-refractivity contribution in [3.05, 3.63) is 59.9 Å². The van der Waals surface area contributed by atoms with Crippen LogP contribution in [0.2, 0.25) is 0 Å². The summed E-state index contributed by atoms with van der Waals surface area (Å²) in [6, 6.07) is 14.3. The highest BCUT2D eigenvalue weighted by Gasteiger charge is 2.23. The van der Waals surface area contributed by atoms with E-state index in [1.807, 2.05) is 30.3 Å². The van der Waals surface area contributed by atoms with Crippen LogP contribution in [0.1, 0.15) is 24.1 Å². The number of ether oxygens (including phenoxy) is 1. The number of benzene rings is 1. The van der Waals surface area contributed by atoms with Crippen LogP contribution < -0.4 is 4.74 Å². The lowest BCUT2D eigenvalue weighted by Crippen LogP contribution is -2.31. The van der Waals surface area contributed by atoms with E-state index in [0.717, 1.165) is 31.0 Å². The van der Waals surface area contributed by atoms with Crippen LogP contribution in [-0.4, -0.2) is 34.2 Å². The van der Waals surface area contributed by atoms with Gasteiger partial charge in [-0.15, -0.1) is 0 Å². The Morgan fingerprint density at radius 2 is 2.18 bits per heavy atom. The summed E-state index contributed by atoms with van der Waals surface area (Å²) in [5, 5.41) is 9.41. The van der Waals surface area contributed by atoms with Crippen LogP contribution in [-0.2, 0) is 13.2 Å². The summed E-state index contributed by atoms with van der Waals surface area (Å²) in [7, 11) is 0. The number of aliphatic hydroxyl groups excluding tert-OH is 1. The minimum absolute atomic E-state index is 0.246. The average molecular weight is 298 g/mol. The average Bonchev–Trinajstić information content (AvgIpc) is 3.01. The lowest BCUT2D eigenvalue weighted by atomic mass is 10.2. The van der Waals surface area contributed by atoms with Crippen molar-refractivity contribution < 1.29 is 9.84 Å². The standard InChI is InChI=1S/C18H22N2O2/c21-13-17-7-4-10-20(17)12-15-5-3-8-18(11-15)22-14-16-6-1-2-9-19-16/h1-3,5-6,8-9,11,17,21H,4,7,10,12-14H2/t17-/m1/s1. The fraction of sp³-hybridized carbons (Fsp3) is 0.389. The molecule has 0 radical (unpaired) electrons. The lowest BCUT2D eigenvalue weighted by Gasteiger charge is -2.22. The molecule has 0 amide bonds.